The Bertz CT molecular complexity index is 652. The molecule has 0 heterocycles. The minimum atomic E-state index is -0.241. The van der Waals surface area contributed by atoms with Crippen molar-refractivity contribution >= 4 is 33.4 Å². The van der Waals surface area contributed by atoms with Gasteiger partial charge in [-0.2, -0.15) is 0 Å². The van der Waals surface area contributed by atoms with Crippen molar-refractivity contribution in [2.24, 2.45) is 23.2 Å². The number of halogens is 1. The molecule has 3 rings (SSSR count). The first kappa shape index (κ1) is 18.4. The second kappa shape index (κ2) is 7.10. The van der Waals surface area contributed by atoms with Gasteiger partial charge in [0.2, 0.25) is 11.8 Å². The van der Waals surface area contributed by atoms with Crippen LogP contribution in [0.4, 0.5) is 5.69 Å². The third-order valence-corrected chi connectivity index (χ3v) is 6.30. The molecule has 0 radical (unpaired) electrons. The Labute approximate surface area is 158 Å². The molecular weight excluding hydrogens is 380 g/mol. The fraction of sp³-hybridized carbons (Fsp3) is 0.600. The molecule has 0 aromatic heterocycles. The molecule has 2 fully saturated rings. The van der Waals surface area contributed by atoms with Crippen molar-refractivity contribution in [2.45, 2.75) is 52.5 Å². The van der Waals surface area contributed by atoms with E-state index >= 15 is 0 Å². The van der Waals surface area contributed by atoms with Crippen LogP contribution in [0.3, 0.4) is 0 Å². The van der Waals surface area contributed by atoms with E-state index in [-0.39, 0.29) is 35.1 Å². The van der Waals surface area contributed by atoms with E-state index in [0.29, 0.717) is 5.92 Å². The van der Waals surface area contributed by atoms with Crippen LogP contribution in [0.1, 0.15) is 46.5 Å². The van der Waals surface area contributed by atoms with Crippen molar-refractivity contribution in [3.63, 3.8) is 0 Å². The summed E-state index contributed by atoms with van der Waals surface area (Å²) in [4.78, 5) is 25.7. The maximum absolute atomic E-state index is 13.1. The monoisotopic (exact) mass is 406 g/mol. The summed E-state index contributed by atoms with van der Waals surface area (Å²) < 4.78 is 0.976. The number of hydrogen-bond donors (Lipinski definition) is 2. The smallest absolute Gasteiger partial charge is 0.228 e. The Morgan fingerprint density at radius 1 is 1.12 bits per heavy atom. The molecule has 136 valence electrons. The van der Waals surface area contributed by atoms with Gasteiger partial charge in [-0.3, -0.25) is 9.59 Å². The third-order valence-electron chi connectivity index (χ3n) is 5.77. The quantitative estimate of drug-likeness (QED) is 0.762. The molecule has 1 aromatic rings. The standard InChI is InChI=1S/C20H27BrN2O2/c1-12(2)22-18(24)15-8-9-16(20(3)10-11-20)17(15)19(25)23-14-6-4-13(21)5-7-14/h4-7,12,15-17H,8-11H2,1-3H3,(H,22,24)(H,23,25). The zero-order valence-electron chi connectivity index (χ0n) is 15.1. The van der Waals surface area contributed by atoms with Gasteiger partial charge in [-0.1, -0.05) is 22.9 Å². The minimum Gasteiger partial charge on any atom is -0.354 e. The van der Waals surface area contributed by atoms with E-state index in [0.717, 1.165) is 35.8 Å². The zero-order chi connectivity index (χ0) is 18.2. The number of nitrogens with one attached hydrogen (secondary N) is 2. The topological polar surface area (TPSA) is 58.2 Å². The molecule has 2 amide bonds. The van der Waals surface area contributed by atoms with Crippen molar-refractivity contribution in [2.75, 3.05) is 5.32 Å². The Kier molecular flexibility index (Phi) is 5.24. The van der Waals surface area contributed by atoms with E-state index in [1.165, 1.54) is 0 Å². The summed E-state index contributed by atoms with van der Waals surface area (Å²) in [5.41, 5.74) is 1.01. The van der Waals surface area contributed by atoms with Crippen LogP contribution in [0.5, 0.6) is 0 Å². The molecule has 25 heavy (non-hydrogen) atoms. The minimum absolute atomic E-state index is 0.0122. The Hall–Kier alpha value is -1.36. The number of carbonyl (C=O) groups excluding carboxylic acids is 2. The largest absolute Gasteiger partial charge is 0.354 e. The Morgan fingerprint density at radius 2 is 1.76 bits per heavy atom. The summed E-state index contributed by atoms with van der Waals surface area (Å²) in [7, 11) is 0. The molecule has 3 atom stereocenters. The summed E-state index contributed by atoms with van der Waals surface area (Å²) in [6.07, 6.45) is 4.10. The van der Waals surface area contributed by atoms with Gasteiger partial charge >= 0.3 is 0 Å². The van der Waals surface area contributed by atoms with Crippen LogP contribution >= 0.6 is 15.9 Å². The maximum atomic E-state index is 13.1. The first-order valence-corrected chi connectivity index (χ1v) is 9.96. The van der Waals surface area contributed by atoms with Crippen molar-refractivity contribution in [1.82, 2.24) is 5.32 Å². The summed E-state index contributed by atoms with van der Waals surface area (Å²) in [5, 5.41) is 6.05. The van der Waals surface area contributed by atoms with Crippen LogP contribution in [0.25, 0.3) is 0 Å². The molecule has 2 aliphatic rings. The van der Waals surface area contributed by atoms with Crippen LogP contribution < -0.4 is 10.6 Å². The average Bonchev–Trinajstić information content (AvgIpc) is 3.12. The van der Waals surface area contributed by atoms with Gasteiger partial charge in [0.1, 0.15) is 0 Å². The predicted molar refractivity (Wildman–Crippen MR) is 103 cm³/mol. The van der Waals surface area contributed by atoms with Crippen LogP contribution in [-0.2, 0) is 9.59 Å². The molecule has 2 aliphatic carbocycles. The normalized spacial score (nSPS) is 27.2. The first-order valence-electron chi connectivity index (χ1n) is 9.17. The second-order valence-electron chi connectivity index (χ2n) is 8.13. The highest BCUT2D eigenvalue weighted by Crippen LogP contribution is 2.60. The second-order valence-corrected chi connectivity index (χ2v) is 9.05. The molecule has 5 heteroatoms. The Morgan fingerprint density at radius 3 is 2.32 bits per heavy atom. The van der Waals surface area contributed by atoms with Gasteiger partial charge in [0.05, 0.1) is 5.92 Å². The molecular formula is C20H27BrN2O2. The lowest BCUT2D eigenvalue weighted by Crippen LogP contribution is -2.42. The number of rotatable bonds is 5. The van der Waals surface area contributed by atoms with Crippen molar-refractivity contribution < 1.29 is 9.59 Å². The fourth-order valence-electron chi connectivity index (χ4n) is 4.16. The molecule has 2 N–H and O–H groups in total. The molecule has 3 unspecified atom stereocenters. The average molecular weight is 407 g/mol. The molecule has 4 nitrogen and oxygen atoms in total. The highest BCUT2D eigenvalue weighted by molar-refractivity contribution is 9.10. The van der Waals surface area contributed by atoms with E-state index in [1.807, 2.05) is 38.1 Å². The van der Waals surface area contributed by atoms with E-state index < -0.39 is 0 Å². The number of carbonyl (C=O) groups is 2. The van der Waals surface area contributed by atoms with Gasteiger partial charge in [0.25, 0.3) is 0 Å². The Balaban J connectivity index is 1.79. The fourth-order valence-corrected chi connectivity index (χ4v) is 4.42. The van der Waals surface area contributed by atoms with E-state index in [1.54, 1.807) is 0 Å². The molecule has 2 saturated carbocycles. The maximum Gasteiger partial charge on any atom is 0.228 e. The lowest BCUT2D eigenvalue weighted by molar-refractivity contribution is -0.133. The summed E-state index contributed by atoms with van der Waals surface area (Å²) >= 11 is 3.41. The molecule has 1 aromatic carbocycles. The van der Waals surface area contributed by atoms with Crippen LogP contribution in [-0.4, -0.2) is 17.9 Å². The molecule has 0 saturated heterocycles. The van der Waals surface area contributed by atoms with E-state index in [4.69, 9.17) is 0 Å². The van der Waals surface area contributed by atoms with Crippen LogP contribution in [0.15, 0.2) is 28.7 Å². The zero-order valence-corrected chi connectivity index (χ0v) is 16.7. The van der Waals surface area contributed by atoms with Gasteiger partial charge in [-0.25, -0.2) is 0 Å². The summed E-state index contributed by atoms with van der Waals surface area (Å²) in [5.74, 6) is -0.152. The predicted octanol–water partition coefficient (Wildman–Crippen LogP) is 4.35. The van der Waals surface area contributed by atoms with Gasteiger partial charge in [0, 0.05) is 22.1 Å². The van der Waals surface area contributed by atoms with Crippen molar-refractivity contribution in [3.8, 4) is 0 Å². The molecule has 0 aliphatic heterocycles. The van der Waals surface area contributed by atoms with E-state index in [9.17, 15) is 9.59 Å². The van der Waals surface area contributed by atoms with Gasteiger partial charge in [0.15, 0.2) is 0 Å². The molecule has 0 bridgehead atoms. The number of anilines is 1. The van der Waals surface area contributed by atoms with Gasteiger partial charge in [-0.05, 0) is 75.1 Å². The van der Waals surface area contributed by atoms with Gasteiger partial charge in [-0.15, -0.1) is 0 Å². The van der Waals surface area contributed by atoms with Crippen LogP contribution in [0, 0.1) is 23.2 Å². The summed E-state index contributed by atoms with van der Waals surface area (Å²) in [6.45, 7) is 6.19. The van der Waals surface area contributed by atoms with Crippen molar-refractivity contribution in [1.29, 1.82) is 0 Å². The summed E-state index contributed by atoms with van der Waals surface area (Å²) in [6, 6.07) is 7.68. The first-order chi connectivity index (χ1) is 11.8. The van der Waals surface area contributed by atoms with Crippen LogP contribution in [0.2, 0.25) is 0 Å². The lowest BCUT2D eigenvalue weighted by Gasteiger charge is -2.28. The van der Waals surface area contributed by atoms with Gasteiger partial charge < -0.3 is 10.6 Å². The highest BCUT2D eigenvalue weighted by Gasteiger charge is 2.56. The SMILES string of the molecule is CC(C)NC(=O)C1CCC(C2(C)CC2)C1C(=O)Nc1ccc(Br)cc1. The highest BCUT2D eigenvalue weighted by atomic mass is 79.9. The molecule has 0 spiro atoms. The lowest BCUT2D eigenvalue weighted by atomic mass is 9.78. The third kappa shape index (κ3) is 4.08. The van der Waals surface area contributed by atoms with E-state index in [2.05, 4.69) is 33.5 Å². The number of benzene rings is 1. The number of hydrogen-bond acceptors (Lipinski definition) is 2. The number of amides is 2. The van der Waals surface area contributed by atoms with Crippen molar-refractivity contribution in [3.05, 3.63) is 28.7 Å².